The molecule has 10 heteroatoms. The Kier molecular flexibility index (Phi) is 7.72. The number of halogens is 1. The number of hydrogen-bond donors (Lipinski definition) is 1. The Morgan fingerprint density at radius 3 is 2.39 bits per heavy atom. The van der Waals surface area contributed by atoms with Gasteiger partial charge in [0.2, 0.25) is 10.0 Å². The lowest BCUT2D eigenvalue weighted by Gasteiger charge is -2.35. The van der Waals surface area contributed by atoms with Crippen molar-refractivity contribution in [1.82, 2.24) is 9.21 Å². The third-order valence-electron chi connectivity index (χ3n) is 3.90. The van der Waals surface area contributed by atoms with Gasteiger partial charge in [-0.1, -0.05) is 22.9 Å². The Morgan fingerprint density at radius 2 is 1.82 bits per heavy atom. The lowest BCUT2D eigenvalue weighted by Crippen LogP contribution is -2.51. The summed E-state index contributed by atoms with van der Waals surface area (Å²) in [7, 11) is -3.69. The molecule has 0 aliphatic carbocycles. The number of carbonyl (C=O) groups excluding carboxylic acids is 1. The number of amides is 1. The molecule has 0 aromatic heterocycles. The molecule has 1 aliphatic rings. The topological polar surface area (TPSA) is 88.2 Å². The largest absolute Gasteiger partial charge is 0.444 e. The van der Waals surface area contributed by atoms with Crippen molar-refractivity contribution in [2.24, 2.45) is 0 Å². The van der Waals surface area contributed by atoms with Crippen LogP contribution in [0.5, 0.6) is 0 Å². The molecule has 0 bridgehead atoms. The van der Waals surface area contributed by atoms with Crippen LogP contribution in [0.4, 0.5) is 10.5 Å². The average Bonchev–Trinajstić information content (AvgIpc) is 2.60. The number of hydrogen-bond acceptors (Lipinski definition) is 6. The molecule has 158 valence electrons. The number of sulfonamides is 1. The molecular formula is C18H28BrN3O5S. The summed E-state index contributed by atoms with van der Waals surface area (Å²) < 4.78 is 33.4. The third kappa shape index (κ3) is 6.33. The van der Waals surface area contributed by atoms with Crippen LogP contribution in [0.1, 0.15) is 34.1 Å². The first-order chi connectivity index (χ1) is 13.0. The van der Waals surface area contributed by atoms with Gasteiger partial charge in [0.05, 0.1) is 17.2 Å². The van der Waals surface area contributed by atoms with Crippen molar-refractivity contribution in [3.63, 3.8) is 0 Å². The molecule has 2 rings (SSSR count). The first kappa shape index (κ1) is 22.9. The maximum atomic E-state index is 13.0. The zero-order valence-electron chi connectivity index (χ0n) is 16.7. The van der Waals surface area contributed by atoms with E-state index in [2.05, 4.69) is 21.4 Å². The van der Waals surface area contributed by atoms with Crippen LogP contribution < -0.4 is 5.48 Å². The highest BCUT2D eigenvalue weighted by Crippen LogP contribution is 2.26. The van der Waals surface area contributed by atoms with E-state index in [9.17, 15) is 13.2 Å². The number of nitrogens with zero attached hydrogens (tertiary/aromatic N) is 2. The van der Waals surface area contributed by atoms with Crippen LogP contribution in [0.15, 0.2) is 27.6 Å². The van der Waals surface area contributed by atoms with Gasteiger partial charge in [0.25, 0.3) is 0 Å². The van der Waals surface area contributed by atoms with Crippen molar-refractivity contribution in [2.75, 3.05) is 38.3 Å². The van der Waals surface area contributed by atoms with Gasteiger partial charge in [-0.05, 0) is 45.4 Å². The van der Waals surface area contributed by atoms with E-state index < -0.39 is 21.7 Å². The van der Waals surface area contributed by atoms with Crippen molar-refractivity contribution in [2.45, 2.75) is 44.6 Å². The van der Waals surface area contributed by atoms with Gasteiger partial charge in [-0.2, -0.15) is 4.31 Å². The number of piperazine rings is 1. The molecule has 1 aromatic rings. The Bertz CT molecular complexity index is 787. The van der Waals surface area contributed by atoms with Crippen LogP contribution in [0.3, 0.4) is 0 Å². The maximum Gasteiger partial charge on any atom is 0.410 e. The van der Waals surface area contributed by atoms with E-state index in [0.29, 0.717) is 16.8 Å². The van der Waals surface area contributed by atoms with Crippen molar-refractivity contribution in [3.05, 3.63) is 22.7 Å². The third-order valence-corrected chi connectivity index (χ3v) is 6.23. The highest BCUT2D eigenvalue weighted by molar-refractivity contribution is 9.10. The predicted molar refractivity (Wildman–Crippen MR) is 111 cm³/mol. The molecule has 1 fully saturated rings. The summed E-state index contributed by atoms with van der Waals surface area (Å²) in [6, 6.07) is 4.84. The van der Waals surface area contributed by atoms with Crippen molar-refractivity contribution < 1.29 is 22.8 Å². The first-order valence-corrected chi connectivity index (χ1v) is 11.4. The molecule has 0 unspecified atom stereocenters. The van der Waals surface area contributed by atoms with E-state index >= 15 is 0 Å². The molecular weight excluding hydrogens is 450 g/mol. The molecule has 1 N–H and O–H groups in total. The summed E-state index contributed by atoms with van der Waals surface area (Å²) in [5, 5.41) is 0. The van der Waals surface area contributed by atoms with Crippen molar-refractivity contribution >= 4 is 37.7 Å². The van der Waals surface area contributed by atoms with Gasteiger partial charge in [0, 0.05) is 30.7 Å². The van der Waals surface area contributed by atoms with E-state index in [0.717, 1.165) is 6.42 Å². The molecule has 1 heterocycles. The number of carbonyl (C=O) groups is 1. The van der Waals surface area contributed by atoms with E-state index in [1.165, 1.54) is 15.3 Å². The molecule has 28 heavy (non-hydrogen) atoms. The quantitative estimate of drug-likeness (QED) is 0.498. The lowest BCUT2D eigenvalue weighted by molar-refractivity contribution is 0.0192. The highest BCUT2D eigenvalue weighted by Gasteiger charge is 2.32. The number of anilines is 1. The van der Waals surface area contributed by atoms with E-state index in [4.69, 9.17) is 9.57 Å². The van der Waals surface area contributed by atoms with E-state index in [1.54, 1.807) is 32.9 Å². The number of rotatable bonds is 6. The Balaban J connectivity index is 2.07. The van der Waals surface area contributed by atoms with Crippen LogP contribution in [-0.2, 0) is 19.6 Å². The second-order valence-corrected chi connectivity index (χ2v) is 10.4. The van der Waals surface area contributed by atoms with Crippen LogP contribution >= 0.6 is 15.9 Å². The summed E-state index contributed by atoms with van der Waals surface area (Å²) in [5.41, 5.74) is 2.73. The molecule has 0 spiro atoms. The van der Waals surface area contributed by atoms with Crippen LogP contribution in [-0.4, -0.2) is 62.1 Å². The Morgan fingerprint density at radius 1 is 1.18 bits per heavy atom. The summed E-state index contributed by atoms with van der Waals surface area (Å²) in [5.74, 6) is 0. The Labute approximate surface area is 175 Å². The molecule has 8 nitrogen and oxygen atoms in total. The average molecular weight is 478 g/mol. The number of benzene rings is 1. The maximum absolute atomic E-state index is 13.0. The predicted octanol–water partition coefficient (Wildman–Crippen LogP) is 3.44. The van der Waals surface area contributed by atoms with Crippen LogP contribution in [0, 0.1) is 0 Å². The minimum Gasteiger partial charge on any atom is -0.444 e. The van der Waals surface area contributed by atoms with Gasteiger partial charge < -0.3 is 9.64 Å². The van der Waals surface area contributed by atoms with Gasteiger partial charge in [0.1, 0.15) is 5.60 Å². The van der Waals surface area contributed by atoms with Gasteiger partial charge in [-0.25, -0.2) is 13.2 Å². The van der Waals surface area contributed by atoms with E-state index in [-0.39, 0.29) is 31.1 Å². The zero-order valence-corrected chi connectivity index (χ0v) is 19.1. The fourth-order valence-electron chi connectivity index (χ4n) is 2.59. The van der Waals surface area contributed by atoms with Crippen LogP contribution in [0.25, 0.3) is 0 Å². The van der Waals surface area contributed by atoms with Gasteiger partial charge in [-0.15, -0.1) is 0 Å². The van der Waals surface area contributed by atoms with Crippen LogP contribution in [0.2, 0.25) is 0 Å². The second kappa shape index (κ2) is 9.43. The summed E-state index contributed by atoms with van der Waals surface area (Å²) in [4.78, 5) is 19.1. The van der Waals surface area contributed by atoms with Gasteiger partial charge in [0.15, 0.2) is 0 Å². The standard InChI is InChI=1S/C18H28BrN3O5S/c1-5-10-26-20-15-11-14(19)12-16(13-15)28(24,25)22-8-6-21(7-9-22)17(23)27-18(2,3)4/h11-13,20H,5-10H2,1-4H3. The summed E-state index contributed by atoms with van der Waals surface area (Å²) in [6.45, 7) is 8.89. The molecule has 1 amide bonds. The number of nitrogens with one attached hydrogen (secondary N) is 1. The molecule has 0 radical (unpaired) electrons. The first-order valence-electron chi connectivity index (χ1n) is 9.19. The van der Waals surface area contributed by atoms with Gasteiger partial charge >= 0.3 is 6.09 Å². The molecule has 0 atom stereocenters. The number of ether oxygens (including phenoxy) is 1. The van der Waals surface area contributed by atoms with Gasteiger partial charge in [-0.3, -0.25) is 10.3 Å². The van der Waals surface area contributed by atoms with Crippen molar-refractivity contribution in [3.8, 4) is 0 Å². The molecule has 1 saturated heterocycles. The minimum absolute atomic E-state index is 0.162. The van der Waals surface area contributed by atoms with Crippen molar-refractivity contribution in [1.29, 1.82) is 0 Å². The molecule has 0 saturated carbocycles. The SMILES string of the molecule is CCCONc1cc(Br)cc(S(=O)(=O)N2CCN(C(=O)OC(C)(C)C)CC2)c1. The van der Waals surface area contributed by atoms with E-state index in [1.807, 2.05) is 6.92 Å². The highest BCUT2D eigenvalue weighted by atomic mass is 79.9. The molecule has 1 aromatic carbocycles. The lowest BCUT2D eigenvalue weighted by atomic mass is 10.2. The monoisotopic (exact) mass is 477 g/mol. The normalized spacial score (nSPS) is 16.1. The zero-order chi connectivity index (χ0) is 20.9. The minimum atomic E-state index is -3.69. The second-order valence-electron chi connectivity index (χ2n) is 7.50. The fourth-order valence-corrected chi connectivity index (χ4v) is 4.73. The fraction of sp³-hybridized carbons (Fsp3) is 0.611. The smallest absolute Gasteiger partial charge is 0.410 e. The Hall–Kier alpha value is -1.36. The molecule has 1 aliphatic heterocycles. The summed E-state index contributed by atoms with van der Waals surface area (Å²) in [6.07, 6.45) is 0.417. The summed E-state index contributed by atoms with van der Waals surface area (Å²) >= 11 is 3.35.